The third-order valence-corrected chi connectivity index (χ3v) is 3.17. The summed E-state index contributed by atoms with van der Waals surface area (Å²) < 4.78 is 5.40. The Morgan fingerprint density at radius 2 is 2.30 bits per heavy atom. The van der Waals surface area contributed by atoms with Crippen LogP contribution in [0.3, 0.4) is 0 Å². The first-order valence-corrected chi connectivity index (χ1v) is 7.35. The van der Waals surface area contributed by atoms with Crippen LogP contribution in [-0.4, -0.2) is 30.1 Å². The minimum absolute atomic E-state index is 0.0467. The lowest BCUT2D eigenvalue weighted by molar-refractivity contribution is -0.123. The molecule has 2 rings (SSSR count). The molecule has 0 bridgehead atoms. The molecular weight excluding hydrogens is 254 g/mol. The molecule has 1 fully saturated rings. The number of aromatic nitrogens is 1. The van der Waals surface area contributed by atoms with Crippen molar-refractivity contribution in [1.29, 1.82) is 0 Å². The number of pyridine rings is 1. The van der Waals surface area contributed by atoms with Crippen molar-refractivity contribution in [2.24, 2.45) is 0 Å². The van der Waals surface area contributed by atoms with E-state index < -0.39 is 0 Å². The maximum Gasteiger partial charge on any atom is 0.257 e. The van der Waals surface area contributed by atoms with Gasteiger partial charge in [-0.1, -0.05) is 13.3 Å². The van der Waals surface area contributed by atoms with Gasteiger partial charge >= 0.3 is 0 Å². The van der Waals surface area contributed by atoms with E-state index in [9.17, 15) is 4.79 Å². The predicted octanol–water partition coefficient (Wildman–Crippen LogP) is 1.63. The van der Waals surface area contributed by atoms with Gasteiger partial charge in [0.15, 0.2) is 6.61 Å². The third kappa shape index (κ3) is 5.57. The summed E-state index contributed by atoms with van der Waals surface area (Å²) in [4.78, 5) is 15.8. The van der Waals surface area contributed by atoms with E-state index >= 15 is 0 Å². The van der Waals surface area contributed by atoms with E-state index in [1.807, 2.05) is 12.1 Å². The Labute approximate surface area is 120 Å². The van der Waals surface area contributed by atoms with Crippen molar-refractivity contribution in [1.82, 2.24) is 15.6 Å². The molecule has 5 nitrogen and oxygen atoms in total. The molecule has 1 aliphatic rings. The standard InChI is InChI=1S/C15H23N3O2/c1-2-3-8-16-15(19)11-20-14-7-6-13(18-10-14)9-17-12-4-5-12/h6-7,10,12,17H,2-5,8-9,11H2,1H3,(H,16,19). The second kappa shape index (κ2) is 7.85. The molecule has 0 unspecified atom stereocenters. The first-order valence-electron chi connectivity index (χ1n) is 7.35. The second-order valence-corrected chi connectivity index (χ2v) is 5.13. The monoisotopic (exact) mass is 277 g/mol. The number of nitrogens with one attached hydrogen (secondary N) is 2. The molecule has 5 heteroatoms. The van der Waals surface area contributed by atoms with Gasteiger partial charge in [-0.2, -0.15) is 0 Å². The fraction of sp³-hybridized carbons (Fsp3) is 0.600. The number of amides is 1. The Bertz CT molecular complexity index is 416. The Morgan fingerprint density at radius 3 is 2.95 bits per heavy atom. The fourth-order valence-corrected chi connectivity index (χ4v) is 1.74. The van der Waals surface area contributed by atoms with Crippen molar-refractivity contribution < 1.29 is 9.53 Å². The summed E-state index contributed by atoms with van der Waals surface area (Å²) in [6.45, 7) is 3.64. The van der Waals surface area contributed by atoms with Crippen molar-refractivity contribution in [2.75, 3.05) is 13.2 Å². The number of carbonyl (C=O) groups excluding carboxylic acids is 1. The quantitative estimate of drug-likeness (QED) is 0.673. The molecule has 0 atom stereocenters. The first kappa shape index (κ1) is 14.8. The largest absolute Gasteiger partial charge is 0.482 e. The average molecular weight is 277 g/mol. The van der Waals surface area contributed by atoms with Crippen LogP contribution < -0.4 is 15.4 Å². The summed E-state index contributed by atoms with van der Waals surface area (Å²) in [5, 5.41) is 6.21. The molecule has 1 aliphatic carbocycles. The summed E-state index contributed by atoms with van der Waals surface area (Å²) >= 11 is 0. The molecule has 20 heavy (non-hydrogen) atoms. The van der Waals surface area contributed by atoms with Crippen LogP contribution in [0, 0.1) is 0 Å². The molecule has 1 aromatic heterocycles. The van der Waals surface area contributed by atoms with E-state index in [2.05, 4.69) is 22.5 Å². The van der Waals surface area contributed by atoms with Crippen LogP contribution in [-0.2, 0) is 11.3 Å². The van der Waals surface area contributed by atoms with Gasteiger partial charge in [-0.15, -0.1) is 0 Å². The minimum atomic E-state index is -0.0853. The number of hydrogen-bond acceptors (Lipinski definition) is 4. The van der Waals surface area contributed by atoms with Crippen LogP contribution in [0.4, 0.5) is 0 Å². The molecule has 1 heterocycles. The zero-order valence-corrected chi connectivity index (χ0v) is 12.0. The number of nitrogens with zero attached hydrogens (tertiary/aromatic N) is 1. The molecule has 0 spiro atoms. The normalized spacial score (nSPS) is 14.1. The van der Waals surface area contributed by atoms with E-state index in [1.165, 1.54) is 12.8 Å². The highest BCUT2D eigenvalue weighted by atomic mass is 16.5. The van der Waals surface area contributed by atoms with Crippen LogP contribution in [0.1, 0.15) is 38.3 Å². The number of carbonyl (C=O) groups is 1. The van der Waals surface area contributed by atoms with Crippen molar-refractivity contribution in [3.05, 3.63) is 24.0 Å². The van der Waals surface area contributed by atoms with Crippen molar-refractivity contribution in [2.45, 2.75) is 45.2 Å². The van der Waals surface area contributed by atoms with Crippen LogP contribution >= 0.6 is 0 Å². The highest BCUT2D eigenvalue weighted by molar-refractivity contribution is 5.77. The SMILES string of the molecule is CCCCNC(=O)COc1ccc(CNC2CC2)nc1. The van der Waals surface area contributed by atoms with E-state index in [0.717, 1.165) is 25.1 Å². The number of unbranched alkanes of at least 4 members (excludes halogenated alkanes) is 1. The Hall–Kier alpha value is -1.62. The van der Waals surface area contributed by atoms with Gasteiger partial charge < -0.3 is 15.4 Å². The maximum atomic E-state index is 11.5. The molecule has 0 saturated heterocycles. The lowest BCUT2D eigenvalue weighted by Crippen LogP contribution is -2.29. The zero-order valence-electron chi connectivity index (χ0n) is 12.0. The second-order valence-electron chi connectivity index (χ2n) is 5.13. The van der Waals surface area contributed by atoms with Crippen LogP contribution in [0.25, 0.3) is 0 Å². The van der Waals surface area contributed by atoms with Crippen molar-refractivity contribution in [3.8, 4) is 5.75 Å². The number of rotatable bonds is 9. The maximum absolute atomic E-state index is 11.5. The summed E-state index contributed by atoms with van der Waals surface area (Å²) in [6.07, 6.45) is 6.28. The summed E-state index contributed by atoms with van der Waals surface area (Å²) in [7, 11) is 0. The van der Waals surface area contributed by atoms with E-state index in [-0.39, 0.29) is 12.5 Å². The number of hydrogen-bond donors (Lipinski definition) is 2. The van der Waals surface area contributed by atoms with Crippen molar-refractivity contribution in [3.63, 3.8) is 0 Å². The highest BCUT2D eigenvalue weighted by Gasteiger charge is 2.20. The van der Waals surface area contributed by atoms with Crippen LogP contribution in [0.15, 0.2) is 18.3 Å². The van der Waals surface area contributed by atoms with E-state index in [4.69, 9.17) is 4.74 Å². The lowest BCUT2D eigenvalue weighted by Gasteiger charge is -2.07. The van der Waals surface area contributed by atoms with Crippen LogP contribution in [0.5, 0.6) is 5.75 Å². The Balaban J connectivity index is 1.65. The first-order chi connectivity index (χ1) is 9.78. The van der Waals surface area contributed by atoms with Gasteiger partial charge in [-0.05, 0) is 31.4 Å². The lowest BCUT2D eigenvalue weighted by atomic mass is 10.3. The van der Waals surface area contributed by atoms with Gasteiger partial charge in [0.25, 0.3) is 5.91 Å². The molecule has 0 aliphatic heterocycles. The zero-order chi connectivity index (χ0) is 14.2. The van der Waals surface area contributed by atoms with Crippen molar-refractivity contribution >= 4 is 5.91 Å². The molecule has 1 amide bonds. The Morgan fingerprint density at radius 1 is 1.45 bits per heavy atom. The molecule has 1 saturated carbocycles. The fourth-order valence-electron chi connectivity index (χ4n) is 1.74. The van der Waals surface area contributed by atoms with Gasteiger partial charge in [0.1, 0.15) is 5.75 Å². The van der Waals surface area contributed by atoms with Gasteiger partial charge in [-0.3, -0.25) is 9.78 Å². The molecular formula is C15H23N3O2. The summed E-state index contributed by atoms with van der Waals surface area (Å²) in [6, 6.07) is 4.47. The molecule has 1 aromatic rings. The van der Waals surface area contributed by atoms with E-state index in [0.29, 0.717) is 18.3 Å². The smallest absolute Gasteiger partial charge is 0.257 e. The van der Waals surface area contributed by atoms with Gasteiger partial charge in [0.05, 0.1) is 11.9 Å². The number of ether oxygens (including phenoxy) is 1. The highest BCUT2D eigenvalue weighted by Crippen LogP contribution is 2.19. The van der Waals surface area contributed by atoms with E-state index in [1.54, 1.807) is 6.20 Å². The third-order valence-electron chi connectivity index (χ3n) is 3.17. The molecule has 110 valence electrons. The topological polar surface area (TPSA) is 63.2 Å². The van der Waals surface area contributed by atoms with Gasteiger partial charge in [0.2, 0.25) is 0 Å². The van der Waals surface area contributed by atoms with Gasteiger partial charge in [0, 0.05) is 19.1 Å². The molecule has 0 radical (unpaired) electrons. The summed E-state index contributed by atoms with van der Waals surface area (Å²) in [5.41, 5.74) is 0.997. The molecule has 2 N–H and O–H groups in total. The van der Waals surface area contributed by atoms with Gasteiger partial charge in [-0.25, -0.2) is 0 Å². The average Bonchev–Trinajstić information content (AvgIpc) is 3.28. The summed E-state index contributed by atoms with van der Waals surface area (Å²) in [5.74, 6) is 0.545. The Kier molecular flexibility index (Phi) is 5.80. The molecule has 0 aromatic carbocycles. The predicted molar refractivity (Wildman–Crippen MR) is 77.5 cm³/mol. The van der Waals surface area contributed by atoms with Crippen LogP contribution in [0.2, 0.25) is 0 Å². The minimum Gasteiger partial charge on any atom is -0.482 e.